The molecule has 1 aliphatic carbocycles. The number of amides is 1. The standard InChI is InChI=1S/C14H15F2NO4/c15-11-5-9(10(14(19)20)6-12(11)16)13(18)17-3-4-21-7-8-1-2-8/h5-6,8H,1-4,7H2,(H,17,18)(H,19,20). The summed E-state index contributed by atoms with van der Waals surface area (Å²) in [6.07, 6.45) is 2.31. The molecule has 7 heteroatoms. The first-order valence-corrected chi connectivity index (χ1v) is 6.57. The Morgan fingerprint density at radius 1 is 1.24 bits per heavy atom. The third kappa shape index (κ3) is 4.22. The molecule has 0 radical (unpaired) electrons. The lowest BCUT2D eigenvalue weighted by Crippen LogP contribution is -2.29. The summed E-state index contributed by atoms with van der Waals surface area (Å²) in [4.78, 5) is 22.8. The van der Waals surface area contributed by atoms with Crippen molar-refractivity contribution in [3.8, 4) is 0 Å². The van der Waals surface area contributed by atoms with Crippen LogP contribution in [-0.2, 0) is 4.74 Å². The predicted molar refractivity (Wildman–Crippen MR) is 69.2 cm³/mol. The van der Waals surface area contributed by atoms with Gasteiger partial charge in [0.2, 0.25) is 0 Å². The highest BCUT2D eigenvalue weighted by Crippen LogP contribution is 2.28. The third-order valence-electron chi connectivity index (χ3n) is 3.12. The van der Waals surface area contributed by atoms with Crippen LogP contribution in [0.3, 0.4) is 0 Å². The number of carboxylic acids is 1. The van der Waals surface area contributed by atoms with Crippen molar-refractivity contribution in [2.75, 3.05) is 19.8 Å². The lowest BCUT2D eigenvalue weighted by atomic mass is 10.1. The minimum atomic E-state index is -1.50. The van der Waals surface area contributed by atoms with E-state index in [1.807, 2.05) is 0 Å². The summed E-state index contributed by atoms with van der Waals surface area (Å²) in [6.45, 7) is 1.10. The third-order valence-corrected chi connectivity index (χ3v) is 3.12. The van der Waals surface area contributed by atoms with Crippen LogP contribution < -0.4 is 5.32 Å². The van der Waals surface area contributed by atoms with E-state index in [1.54, 1.807) is 0 Å². The number of halogens is 2. The van der Waals surface area contributed by atoms with Crippen LogP contribution in [-0.4, -0.2) is 36.7 Å². The van der Waals surface area contributed by atoms with Crippen molar-refractivity contribution >= 4 is 11.9 Å². The predicted octanol–water partition coefficient (Wildman–Crippen LogP) is 1.82. The zero-order chi connectivity index (χ0) is 15.4. The molecular formula is C14H15F2NO4. The molecule has 1 aliphatic rings. The first kappa shape index (κ1) is 15.4. The molecule has 1 amide bonds. The largest absolute Gasteiger partial charge is 0.478 e. The lowest BCUT2D eigenvalue weighted by molar-refractivity contribution is 0.0689. The zero-order valence-electron chi connectivity index (χ0n) is 11.2. The molecule has 21 heavy (non-hydrogen) atoms. The molecule has 1 aromatic carbocycles. The van der Waals surface area contributed by atoms with Crippen molar-refractivity contribution < 1.29 is 28.2 Å². The number of aromatic carboxylic acids is 1. The minimum Gasteiger partial charge on any atom is -0.478 e. The average Bonchev–Trinajstić information content (AvgIpc) is 3.24. The molecule has 0 heterocycles. The topological polar surface area (TPSA) is 75.6 Å². The summed E-state index contributed by atoms with van der Waals surface area (Å²) in [7, 11) is 0. The van der Waals surface area contributed by atoms with Gasteiger partial charge in [-0.05, 0) is 30.9 Å². The Morgan fingerprint density at radius 2 is 1.86 bits per heavy atom. The van der Waals surface area contributed by atoms with Crippen LogP contribution in [0, 0.1) is 17.6 Å². The molecule has 5 nitrogen and oxygen atoms in total. The van der Waals surface area contributed by atoms with Crippen molar-refractivity contribution in [1.82, 2.24) is 5.32 Å². The number of nitrogens with one attached hydrogen (secondary N) is 1. The van der Waals surface area contributed by atoms with E-state index in [1.165, 1.54) is 0 Å². The van der Waals surface area contributed by atoms with Crippen molar-refractivity contribution in [2.24, 2.45) is 5.92 Å². The first-order chi connectivity index (χ1) is 9.99. The molecule has 0 unspecified atom stereocenters. The smallest absolute Gasteiger partial charge is 0.336 e. The number of carbonyl (C=O) groups excluding carboxylic acids is 1. The second-order valence-electron chi connectivity index (χ2n) is 4.89. The Hall–Kier alpha value is -2.02. The van der Waals surface area contributed by atoms with E-state index in [0.717, 1.165) is 12.8 Å². The van der Waals surface area contributed by atoms with Crippen molar-refractivity contribution in [1.29, 1.82) is 0 Å². The molecule has 0 spiro atoms. The number of hydrogen-bond donors (Lipinski definition) is 2. The van der Waals surface area contributed by atoms with Gasteiger partial charge in [-0.2, -0.15) is 0 Å². The van der Waals surface area contributed by atoms with Gasteiger partial charge < -0.3 is 15.2 Å². The van der Waals surface area contributed by atoms with Gasteiger partial charge in [0.1, 0.15) is 0 Å². The summed E-state index contributed by atoms with van der Waals surface area (Å²) in [5.41, 5.74) is -0.992. The van der Waals surface area contributed by atoms with Gasteiger partial charge in [0.25, 0.3) is 5.91 Å². The van der Waals surface area contributed by atoms with E-state index in [-0.39, 0.29) is 13.2 Å². The normalized spacial score (nSPS) is 14.0. The molecule has 2 rings (SSSR count). The van der Waals surface area contributed by atoms with Crippen LogP contribution in [0.5, 0.6) is 0 Å². The van der Waals surface area contributed by atoms with Crippen molar-refractivity contribution in [3.63, 3.8) is 0 Å². The number of benzene rings is 1. The fraction of sp³-hybridized carbons (Fsp3) is 0.429. The Kier molecular flexibility index (Phi) is 4.85. The summed E-state index contributed by atoms with van der Waals surface area (Å²) in [6, 6.07) is 1.08. The second-order valence-corrected chi connectivity index (χ2v) is 4.89. The Morgan fingerprint density at radius 3 is 2.43 bits per heavy atom. The molecule has 0 saturated heterocycles. The SMILES string of the molecule is O=C(O)c1cc(F)c(F)cc1C(=O)NCCOCC1CC1. The molecule has 1 aromatic rings. The van der Waals surface area contributed by atoms with Gasteiger partial charge in [-0.15, -0.1) is 0 Å². The van der Waals surface area contributed by atoms with E-state index in [9.17, 15) is 18.4 Å². The van der Waals surface area contributed by atoms with E-state index in [4.69, 9.17) is 9.84 Å². The van der Waals surface area contributed by atoms with Crippen LogP contribution in [0.1, 0.15) is 33.6 Å². The van der Waals surface area contributed by atoms with Gasteiger partial charge >= 0.3 is 5.97 Å². The van der Waals surface area contributed by atoms with E-state index >= 15 is 0 Å². The highest BCUT2D eigenvalue weighted by atomic mass is 19.2. The molecule has 0 aliphatic heterocycles. The average molecular weight is 299 g/mol. The van der Waals surface area contributed by atoms with Crippen LogP contribution in [0.4, 0.5) is 8.78 Å². The lowest BCUT2D eigenvalue weighted by Gasteiger charge is -2.09. The van der Waals surface area contributed by atoms with Gasteiger partial charge in [0, 0.05) is 13.2 Å². The molecule has 0 bridgehead atoms. The van der Waals surface area contributed by atoms with E-state index in [2.05, 4.69) is 5.32 Å². The van der Waals surface area contributed by atoms with E-state index in [0.29, 0.717) is 24.7 Å². The van der Waals surface area contributed by atoms with Crippen molar-refractivity contribution in [2.45, 2.75) is 12.8 Å². The molecule has 1 fully saturated rings. The molecule has 2 N–H and O–H groups in total. The minimum absolute atomic E-state index is 0.170. The van der Waals surface area contributed by atoms with Crippen LogP contribution in [0.15, 0.2) is 12.1 Å². The molecule has 1 saturated carbocycles. The monoisotopic (exact) mass is 299 g/mol. The van der Waals surface area contributed by atoms with Crippen LogP contribution in [0.2, 0.25) is 0 Å². The number of ether oxygens (including phenoxy) is 1. The zero-order valence-corrected chi connectivity index (χ0v) is 11.2. The molecule has 0 aromatic heterocycles. The molecule has 114 valence electrons. The van der Waals surface area contributed by atoms with Gasteiger partial charge in [0.05, 0.1) is 17.7 Å². The number of rotatable bonds is 7. The Bertz CT molecular complexity index is 558. The summed E-state index contributed by atoms with van der Waals surface area (Å²) >= 11 is 0. The van der Waals surface area contributed by atoms with Crippen LogP contribution >= 0.6 is 0 Å². The van der Waals surface area contributed by atoms with Gasteiger partial charge in [0.15, 0.2) is 11.6 Å². The summed E-state index contributed by atoms with van der Waals surface area (Å²) < 4.78 is 31.5. The molecular weight excluding hydrogens is 284 g/mol. The van der Waals surface area contributed by atoms with Gasteiger partial charge in [-0.1, -0.05) is 0 Å². The maximum absolute atomic E-state index is 13.1. The number of hydrogen-bond acceptors (Lipinski definition) is 3. The Labute approximate surface area is 119 Å². The maximum atomic E-state index is 13.1. The highest BCUT2D eigenvalue weighted by molar-refractivity contribution is 6.04. The van der Waals surface area contributed by atoms with E-state index < -0.39 is 34.6 Å². The number of carbonyl (C=O) groups is 2. The van der Waals surface area contributed by atoms with Gasteiger partial charge in [-0.25, -0.2) is 13.6 Å². The quantitative estimate of drug-likeness (QED) is 0.753. The van der Waals surface area contributed by atoms with Crippen LogP contribution in [0.25, 0.3) is 0 Å². The summed E-state index contributed by atoms with van der Waals surface area (Å²) in [5, 5.41) is 11.3. The first-order valence-electron chi connectivity index (χ1n) is 6.57. The highest BCUT2D eigenvalue weighted by Gasteiger charge is 2.22. The fourth-order valence-corrected chi connectivity index (χ4v) is 1.78. The van der Waals surface area contributed by atoms with Gasteiger partial charge in [-0.3, -0.25) is 4.79 Å². The fourth-order valence-electron chi connectivity index (χ4n) is 1.78. The number of carboxylic acid groups (broad SMARTS) is 1. The van der Waals surface area contributed by atoms with Crippen molar-refractivity contribution in [3.05, 3.63) is 34.9 Å². The maximum Gasteiger partial charge on any atom is 0.336 e. The Balaban J connectivity index is 1.93. The second kappa shape index (κ2) is 6.62. The summed E-state index contributed by atoms with van der Waals surface area (Å²) in [5.74, 6) is -4.25. The molecule has 0 atom stereocenters.